The van der Waals surface area contributed by atoms with Crippen LogP contribution in [0, 0.1) is 6.92 Å². The van der Waals surface area contributed by atoms with Gasteiger partial charge in [-0.25, -0.2) is 8.42 Å². The molecule has 1 unspecified atom stereocenters. The number of alkyl halides is 3. The molecule has 7 nitrogen and oxygen atoms in total. The summed E-state index contributed by atoms with van der Waals surface area (Å²) >= 11 is 18.1. The van der Waals surface area contributed by atoms with Crippen molar-refractivity contribution < 1.29 is 31.2 Å². The Morgan fingerprint density at radius 3 is 2.13 bits per heavy atom. The maximum Gasteiger partial charge on any atom is 0.417 e. The number of hydrogen-bond acceptors (Lipinski definition) is 4. The van der Waals surface area contributed by atoms with E-state index in [4.69, 9.17) is 34.8 Å². The number of hydrogen-bond donors (Lipinski definition) is 1. The van der Waals surface area contributed by atoms with Crippen LogP contribution in [-0.2, 0) is 32.3 Å². The number of unbranched alkanes of at least 4 members (excludes halogenated alkanes) is 1. The van der Waals surface area contributed by atoms with E-state index in [1.807, 2.05) is 6.92 Å². The van der Waals surface area contributed by atoms with E-state index in [0.717, 1.165) is 24.1 Å². The highest BCUT2D eigenvalue weighted by atomic mass is 35.5. The molecule has 0 spiro atoms. The van der Waals surface area contributed by atoms with Gasteiger partial charge in [0.15, 0.2) is 0 Å². The fourth-order valence-corrected chi connectivity index (χ4v) is 6.46. The van der Waals surface area contributed by atoms with Gasteiger partial charge in [-0.1, -0.05) is 78.8 Å². The number of nitrogens with zero attached hydrogens (tertiary/aromatic N) is 2. The molecule has 1 N–H and O–H groups in total. The van der Waals surface area contributed by atoms with E-state index in [2.05, 4.69) is 5.32 Å². The Morgan fingerprint density at radius 1 is 0.911 bits per heavy atom. The molecule has 3 rings (SSSR count). The molecule has 3 aromatic rings. The van der Waals surface area contributed by atoms with Crippen LogP contribution in [0.15, 0.2) is 65.6 Å². The lowest BCUT2D eigenvalue weighted by atomic mass is 10.1. The molecule has 0 radical (unpaired) electrons. The van der Waals surface area contributed by atoms with Crippen LogP contribution in [0.2, 0.25) is 15.1 Å². The SMILES string of the molecule is CCCCNC(=O)C(CC)N(Cc1ccc(Cl)c(Cl)c1)C(=O)CN(c1ccc(Cl)c(C(F)(F)F)c1)S(=O)(=O)c1ccc(C)cc1. The number of anilines is 1. The van der Waals surface area contributed by atoms with Crippen molar-refractivity contribution in [3.63, 3.8) is 0 Å². The zero-order valence-corrected chi connectivity index (χ0v) is 27.9. The van der Waals surface area contributed by atoms with Gasteiger partial charge in [-0.15, -0.1) is 0 Å². The summed E-state index contributed by atoms with van der Waals surface area (Å²) in [7, 11) is -4.59. The maximum absolute atomic E-state index is 14.1. The molecule has 45 heavy (non-hydrogen) atoms. The van der Waals surface area contributed by atoms with Crippen molar-refractivity contribution in [1.82, 2.24) is 10.2 Å². The third-order valence-corrected chi connectivity index (χ3v) is 9.84. The van der Waals surface area contributed by atoms with Crippen molar-refractivity contribution in [3.8, 4) is 0 Å². The van der Waals surface area contributed by atoms with Gasteiger partial charge in [0.25, 0.3) is 10.0 Å². The van der Waals surface area contributed by atoms with Gasteiger partial charge < -0.3 is 10.2 Å². The second-order valence-corrected chi connectivity index (χ2v) is 13.4. The fourth-order valence-electron chi connectivity index (χ4n) is 4.51. The number of sulfonamides is 1. The quantitative estimate of drug-likeness (QED) is 0.183. The summed E-state index contributed by atoms with van der Waals surface area (Å²) in [6, 6.07) is 11.8. The Balaban J connectivity index is 2.14. The number of aryl methyl sites for hydroxylation is 1. The fraction of sp³-hybridized carbons (Fsp3) is 0.355. The van der Waals surface area contributed by atoms with Crippen LogP contribution in [-0.4, -0.2) is 44.3 Å². The highest BCUT2D eigenvalue weighted by Crippen LogP contribution is 2.38. The summed E-state index contributed by atoms with van der Waals surface area (Å²) in [6.07, 6.45) is -3.23. The molecular weight excluding hydrogens is 674 g/mol. The normalized spacial score (nSPS) is 12.5. The molecule has 0 bridgehead atoms. The standard InChI is InChI=1S/C31H33Cl3F3N3O4S/c1-4-6-15-38-30(42)28(5-2)39(18-21-9-13-26(33)27(34)16-21)29(41)19-40(45(43,44)23-11-7-20(3)8-12-23)22-10-14-25(32)24(17-22)31(35,36)37/h7-14,16-17,28H,4-6,15,18-19H2,1-3H3,(H,38,42). The molecule has 0 aliphatic carbocycles. The topological polar surface area (TPSA) is 86.8 Å². The van der Waals surface area contributed by atoms with Gasteiger partial charge in [-0.3, -0.25) is 13.9 Å². The Kier molecular flexibility index (Phi) is 12.6. The average Bonchev–Trinajstić information content (AvgIpc) is 2.97. The maximum atomic E-state index is 14.1. The third-order valence-electron chi connectivity index (χ3n) is 6.98. The molecule has 0 aliphatic heterocycles. The molecule has 0 saturated carbocycles. The second kappa shape index (κ2) is 15.5. The van der Waals surface area contributed by atoms with E-state index in [9.17, 15) is 31.2 Å². The molecular formula is C31H33Cl3F3N3O4S. The van der Waals surface area contributed by atoms with Crippen molar-refractivity contribution in [3.05, 3.63) is 92.4 Å². The highest BCUT2D eigenvalue weighted by Gasteiger charge is 2.37. The first kappa shape index (κ1) is 36.5. The zero-order valence-electron chi connectivity index (χ0n) is 24.8. The first-order valence-electron chi connectivity index (χ1n) is 14.1. The monoisotopic (exact) mass is 705 g/mol. The lowest BCUT2D eigenvalue weighted by Crippen LogP contribution is -2.52. The summed E-state index contributed by atoms with van der Waals surface area (Å²) in [6.45, 7) is 4.66. The van der Waals surface area contributed by atoms with Gasteiger partial charge in [-0.2, -0.15) is 13.2 Å². The number of rotatable bonds is 13. The van der Waals surface area contributed by atoms with Gasteiger partial charge in [0.2, 0.25) is 11.8 Å². The van der Waals surface area contributed by atoms with E-state index in [1.54, 1.807) is 19.9 Å². The van der Waals surface area contributed by atoms with E-state index < -0.39 is 56.9 Å². The molecule has 244 valence electrons. The molecule has 0 heterocycles. The molecule has 0 fully saturated rings. The zero-order chi connectivity index (χ0) is 33.5. The molecule has 0 aliphatic rings. The third kappa shape index (κ3) is 9.28. The van der Waals surface area contributed by atoms with Gasteiger partial charge in [0.05, 0.1) is 31.2 Å². The summed E-state index contributed by atoms with van der Waals surface area (Å²) in [5, 5.41) is 2.63. The lowest BCUT2D eigenvalue weighted by Gasteiger charge is -2.33. The Labute approximate surface area is 276 Å². The minimum Gasteiger partial charge on any atom is -0.354 e. The van der Waals surface area contributed by atoms with Crippen molar-refractivity contribution >= 4 is 62.3 Å². The van der Waals surface area contributed by atoms with Crippen molar-refractivity contribution in [1.29, 1.82) is 0 Å². The number of halogens is 6. The van der Waals surface area contributed by atoms with E-state index >= 15 is 0 Å². The Morgan fingerprint density at radius 2 is 1.56 bits per heavy atom. The first-order valence-corrected chi connectivity index (χ1v) is 16.6. The molecule has 3 aromatic carbocycles. The number of amides is 2. The van der Waals surface area contributed by atoms with Crippen molar-refractivity contribution in [2.75, 3.05) is 17.4 Å². The Hall–Kier alpha value is -2.99. The smallest absolute Gasteiger partial charge is 0.354 e. The van der Waals surface area contributed by atoms with E-state index in [1.165, 1.54) is 41.3 Å². The van der Waals surface area contributed by atoms with Gasteiger partial charge in [-0.05, 0) is 67.8 Å². The van der Waals surface area contributed by atoms with Crippen LogP contribution in [0.4, 0.5) is 18.9 Å². The van der Waals surface area contributed by atoms with Gasteiger partial charge >= 0.3 is 6.18 Å². The molecule has 0 saturated heterocycles. The molecule has 14 heteroatoms. The predicted molar refractivity (Wildman–Crippen MR) is 171 cm³/mol. The number of carbonyl (C=O) groups excluding carboxylic acids is 2. The second-order valence-electron chi connectivity index (χ2n) is 10.3. The van der Waals surface area contributed by atoms with E-state index in [0.29, 0.717) is 28.9 Å². The minimum atomic E-state index is -4.90. The van der Waals surface area contributed by atoms with Gasteiger partial charge in [0, 0.05) is 13.1 Å². The van der Waals surface area contributed by atoms with Gasteiger partial charge in [0.1, 0.15) is 12.6 Å². The van der Waals surface area contributed by atoms with Crippen molar-refractivity contribution in [2.24, 2.45) is 0 Å². The summed E-state index contributed by atoms with van der Waals surface area (Å²) in [5.74, 6) is -1.30. The largest absolute Gasteiger partial charge is 0.417 e. The highest BCUT2D eigenvalue weighted by molar-refractivity contribution is 7.92. The molecule has 0 aromatic heterocycles. The number of carbonyl (C=O) groups is 2. The van der Waals surface area contributed by atoms with Crippen LogP contribution in [0.5, 0.6) is 0 Å². The molecule has 1 atom stereocenters. The van der Waals surface area contributed by atoms with Crippen LogP contribution >= 0.6 is 34.8 Å². The van der Waals surface area contributed by atoms with Crippen molar-refractivity contribution in [2.45, 2.75) is 63.7 Å². The summed E-state index contributed by atoms with van der Waals surface area (Å²) < 4.78 is 70.0. The lowest BCUT2D eigenvalue weighted by molar-refractivity contribution is -0.140. The van der Waals surface area contributed by atoms with Crippen LogP contribution < -0.4 is 9.62 Å². The number of nitrogens with one attached hydrogen (secondary N) is 1. The van der Waals surface area contributed by atoms with Crippen LogP contribution in [0.1, 0.15) is 49.8 Å². The minimum absolute atomic E-state index is 0.162. The summed E-state index contributed by atoms with van der Waals surface area (Å²) in [4.78, 5) is 28.4. The molecule has 2 amide bonds. The van der Waals surface area contributed by atoms with E-state index in [-0.39, 0.29) is 27.9 Å². The first-order chi connectivity index (χ1) is 21.1. The summed E-state index contributed by atoms with van der Waals surface area (Å²) in [5.41, 5.74) is -0.463. The number of benzene rings is 3. The Bertz CT molecular complexity index is 1620. The van der Waals surface area contributed by atoms with Crippen LogP contribution in [0.3, 0.4) is 0 Å². The van der Waals surface area contributed by atoms with Crippen LogP contribution in [0.25, 0.3) is 0 Å². The average molecular weight is 707 g/mol. The predicted octanol–water partition coefficient (Wildman–Crippen LogP) is 7.89.